The van der Waals surface area contributed by atoms with E-state index in [9.17, 15) is 14.4 Å². The van der Waals surface area contributed by atoms with Crippen LogP contribution in [0.15, 0.2) is 24.3 Å². The van der Waals surface area contributed by atoms with Crippen LogP contribution in [0.3, 0.4) is 0 Å². The van der Waals surface area contributed by atoms with Gasteiger partial charge in [-0.1, -0.05) is 31.2 Å². The van der Waals surface area contributed by atoms with E-state index in [1.807, 2.05) is 18.2 Å². The van der Waals surface area contributed by atoms with Gasteiger partial charge in [0.15, 0.2) is 0 Å². The minimum atomic E-state index is -0.175. The summed E-state index contributed by atoms with van der Waals surface area (Å²) < 4.78 is 0. The van der Waals surface area contributed by atoms with Crippen LogP contribution in [0.5, 0.6) is 0 Å². The van der Waals surface area contributed by atoms with Crippen LogP contribution < -0.4 is 5.32 Å². The number of likely N-dealkylation sites (tertiary alicyclic amines) is 1. The first-order valence-corrected chi connectivity index (χ1v) is 10.2. The van der Waals surface area contributed by atoms with Crippen molar-refractivity contribution in [2.24, 2.45) is 0 Å². The van der Waals surface area contributed by atoms with Crippen molar-refractivity contribution >= 4 is 17.7 Å². The molecule has 2 heterocycles. The summed E-state index contributed by atoms with van der Waals surface area (Å²) in [7, 11) is 0. The molecule has 0 saturated carbocycles. The van der Waals surface area contributed by atoms with E-state index >= 15 is 0 Å². The number of carbonyl (C=O) groups excluding carboxylic acids is 3. The first-order valence-electron chi connectivity index (χ1n) is 10.2. The number of nitrogens with zero attached hydrogens (tertiary/aromatic N) is 3. The molecule has 0 unspecified atom stereocenters. The molecule has 1 aromatic carbocycles. The molecule has 0 spiro atoms. The molecule has 2 fully saturated rings. The molecule has 2 aliphatic rings. The molecule has 2 aliphatic heterocycles. The topological polar surface area (TPSA) is 73.0 Å². The Balaban J connectivity index is 1.47. The smallest absolute Gasteiger partial charge is 0.229 e. The quantitative estimate of drug-likeness (QED) is 0.675. The van der Waals surface area contributed by atoms with E-state index in [4.69, 9.17) is 0 Å². The fourth-order valence-corrected chi connectivity index (χ4v) is 3.76. The van der Waals surface area contributed by atoms with Crippen molar-refractivity contribution in [3.8, 4) is 0 Å². The van der Waals surface area contributed by atoms with Crippen LogP contribution in [-0.2, 0) is 27.5 Å². The zero-order chi connectivity index (χ0) is 19.9. The number of carbonyl (C=O) groups is 3. The first kappa shape index (κ1) is 20.5. The van der Waals surface area contributed by atoms with Crippen molar-refractivity contribution in [3.63, 3.8) is 0 Å². The zero-order valence-corrected chi connectivity index (χ0v) is 16.7. The third-order valence-electron chi connectivity index (χ3n) is 5.62. The van der Waals surface area contributed by atoms with Gasteiger partial charge < -0.3 is 10.2 Å². The van der Waals surface area contributed by atoms with Crippen LogP contribution in [0.1, 0.15) is 37.3 Å². The highest BCUT2D eigenvalue weighted by molar-refractivity contribution is 6.02. The minimum absolute atomic E-state index is 0.140. The lowest BCUT2D eigenvalue weighted by atomic mass is 10.1. The number of rotatable bonds is 8. The Hall–Kier alpha value is -2.25. The number of amides is 3. The summed E-state index contributed by atoms with van der Waals surface area (Å²) in [5.41, 5.74) is 2.35. The summed E-state index contributed by atoms with van der Waals surface area (Å²) in [6.45, 7) is 9.15. The van der Waals surface area contributed by atoms with Crippen LogP contribution in [0, 0.1) is 0 Å². The van der Waals surface area contributed by atoms with Gasteiger partial charge in [0.2, 0.25) is 17.7 Å². The molecule has 0 bridgehead atoms. The molecule has 1 aromatic rings. The van der Waals surface area contributed by atoms with E-state index < -0.39 is 0 Å². The van der Waals surface area contributed by atoms with E-state index in [-0.39, 0.29) is 43.5 Å². The second kappa shape index (κ2) is 9.80. The maximum absolute atomic E-state index is 12.2. The van der Waals surface area contributed by atoms with Gasteiger partial charge in [-0.05, 0) is 17.7 Å². The number of likely N-dealkylation sites (N-methyl/N-ethyl adjacent to an activating group) is 1. The maximum atomic E-state index is 12.2. The number of benzene rings is 1. The Morgan fingerprint density at radius 2 is 1.57 bits per heavy atom. The molecule has 1 N–H and O–H groups in total. The lowest BCUT2D eigenvalue weighted by Gasteiger charge is -2.34. The number of imide groups is 1. The standard InChI is InChI=1S/C21H30N4O3/c1-2-23-11-13-24(14-12-23)16-18-6-4-3-5-17(18)15-22-19(26)9-10-25-20(27)7-8-21(25)28/h3-6H,2,7-16H2,1H3,(H,22,26). The van der Waals surface area contributed by atoms with Crippen LogP contribution in [0.25, 0.3) is 0 Å². The normalized spacial score (nSPS) is 18.7. The van der Waals surface area contributed by atoms with Gasteiger partial charge >= 0.3 is 0 Å². The number of piperazine rings is 1. The molecule has 7 heteroatoms. The van der Waals surface area contributed by atoms with E-state index in [1.165, 1.54) is 10.5 Å². The van der Waals surface area contributed by atoms with Crippen molar-refractivity contribution in [3.05, 3.63) is 35.4 Å². The number of hydrogen-bond acceptors (Lipinski definition) is 5. The van der Waals surface area contributed by atoms with Crippen molar-refractivity contribution in [1.82, 2.24) is 20.0 Å². The van der Waals surface area contributed by atoms with Gasteiger partial charge in [0, 0.05) is 65.1 Å². The highest BCUT2D eigenvalue weighted by Crippen LogP contribution is 2.14. The van der Waals surface area contributed by atoms with Gasteiger partial charge in [-0.2, -0.15) is 0 Å². The molecule has 0 aliphatic carbocycles. The average Bonchev–Trinajstić information content (AvgIpc) is 3.04. The fraction of sp³-hybridized carbons (Fsp3) is 0.571. The summed E-state index contributed by atoms with van der Waals surface area (Å²) >= 11 is 0. The zero-order valence-electron chi connectivity index (χ0n) is 16.7. The molecule has 3 amide bonds. The van der Waals surface area contributed by atoms with Crippen molar-refractivity contribution in [1.29, 1.82) is 0 Å². The third kappa shape index (κ3) is 5.39. The van der Waals surface area contributed by atoms with Crippen LogP contribution in [0.2, 0.25) is 0 Å². The summed E-state index contributed by atoms with van der Waals surface area (Å²) in [6.07, 6.45) is 0.680. The summed E-state index contributed by atoms with van der Waals surface area (Å²) in [5.74, 6) is -0.489. The minimum Gasteiger partial charge on any atom is -0.352 e. The molecule has 0 atom stereocenters. The van der Waals surface area contributed by atoms with Gasteiger partial charge in [-0.25, -0.2) is 0 Å². The van der Waals surface area contributed by atoms with E-state index in [0.717, 1.165) is 44.8 Å². The maximum Gasteiger partial charge on any atom is 0.229 e. The predicted molar refractivity (Wildman–Crippen MR) is 106 cm³/mol. The summed E-state index contributed by atoms with van der Waals surface area (Å²) in [5, 5.41) is 2.93. The van der Waals surface area contributed by atoms with Gasteiger partial charge in [0.1, 0.15) is 0 Å². The SMILES string of the molecule is CCN1CCN(Cc2ccccc2CNC(=O)CCN2C(=O)CCC2=O)CC1. The van der Waals surface area contributed by atoms with Gasteiger partial charge in [-0.15, -0.1) is 0 Å². The fourth-order valence-electron chi connectivity index (χ4n) is 3.76. The van der Waals surface area contributed by atoms with Crippen molar-refractivity contribution in [2.75, 3.05) is 39.3 Å². The lowest BCUT2D eigenvalue weighted by molar-refractivity contribution is -0.138. The van der Waals surface area contributed by atoms with Gasteiger partial charge in [0.25, 0.3) is 0 Å². The van der Waals surface area contributed by atoms with E-state index in [1.54, 1.807) is 0 Å². The Bertz CT molecular complexity index is 697. The Morgan fingerprint density at radius 1 is 0.964 bits per heavy atom. The van der Waals surface area contributed by atoms with Crippen LogP contribution in [0.4, 0.5) is 0 Å². The molecular formula is C21H30N4O3. The summed E-state index contributed by atoms with van der Waals surface area (Å²) in [4.78, 5) is 41.5. The van der Waals surface area contributed by atoms with Gasteiger partial charge in [-0.3, -0.25) is 24.2 Å². The van der Waals surface area contributed by atoms with Crippen LogP contribution in [-0.4, -0.2) is 71.7 Å². The van der Waals surface area contributed by atoms with Crippen molar-refractivity contribution < 1.29 is 14.4 Å². The molecule has 0 radical (unpaired) electrons. The molecule has 152 valence electrons. The highest BCUT2D eigenvalue weighted by Gasteiger charge is 2.28. The Labute approximate surface area is 166 Å². The number of hydrogen-bond donors (Lipinski definition) is 1. The van der Waals surface area contributed by atoms with Crippen molar-refractivity contribution in [2.45, 2.75) is 39.3 Å². The Kier molecular flexibility index (Phi) is 7.17. The van der Waals surface area contributed by atoms with E-state index in [2.05, 4.69) is 28.1 Å². The number of nitrogens with one attached hydrogen (secondary N) is 1. The second-order valence-corrected chi connectivity index (χ2v) is 7.44. The molecule has 28 heavy (non-hydrogen) atoms. The molecule has 2 saturated heterocycles. The van der Waals surface area contributed by atoms with E-state index in [0.29, 0.717) is 6.54 Å². The molecule has 3 rings (SSSR count). The highest BCUT2D eigenvalue weighted by atomic mass is 16.2. The predicted octanol–water partition coefficient (Wildman–Crippen LogP) is 0.979. The third-order valence-corrected chi connectivity index (χ3v) is 5.62. The largest absolute Gasteiger partial charge is 0.352 e. The average molecular weight is 386 g/mol. The Morgan fingerprint density at radius 3 is 2.21 bits per heavy atom. The van der Waals surface area contributed by atoms with Crippen LogP contribution >= 0.6 is 0 Å². The second-order valence-electron chi connectivity index (χ2n) is 7.44. The lowest BCUT2D eigenvalue weighted by Crippen LogP contribution is -2.45. The monoisotopic (exact) mass is 386 g/mol. The molecular weight excluding hydrogens is 356 g/mol. The summed E-state index contributed by atoms with van der Waals surface area (Å²) in [6, 6.07) is 8.19. The molecule has 0 aromatic heterocycles. The first-order chi connectivity index (χ1) is 13.6. The molecule has 7 nitrogen and oxygen atoms in total. The van der Waals surface area contributed by atoms with Gasteiger partial charge in [0.05, 0.1) is 0 Å².